The van der Waals surface area contributed by atoms with E-state index in [-0.39, 0.29) is 5.90 Å². The van der Waals surface area contributed by atoms with Crippen LogP contribution in [0.3, 0.4) is 0 Å². The molecule has 2 atom stereocenters. The first-order valence-corrected chi connectivity index (χ1v) is 7.45. The lowest BCUT2D eigenvalue weighted by Crippen LogP contribution is -2.38. The van der Waals surface area contributed by atoms with Gasteiger partial charge in [-0.05, 0) is 39.8 Å². The van der Waals surface area contributed by atoms with Gasteiger partial charge in [-0.3, -0.25) is 5.21 Å². The Balaban J connectivity index is 2.95. The number of benzene rings is 1. The van der Waals surface area contributed by atoms with E-state index in [4.69, 9.17) is 4.74 Å². The normalized spacial score (nSPS) is 15.6. The van der Waals surface area contributed by atoms with Crippen LogP contribution in [-0.4, -0.2) is 33.2 Å². The Hall–Kier alpha value is -1.40. The molecule has 112 valence electrons. The summed E-state index contributed by atoms with van der Waals surface area (Å²) in [6.45, 7) is 7.23. The molecule has 1 unspecified atom stereocenters. The predicted molar refractivity (Wildman–Crippen MR) is 82.5 cm³/mol. The van der Waals surface area contributed by atoms with Crippen LogP contribution in [0.2, 0.25) is 0 Å². The van der Waals surface area contributed by atoms with Gasteiger partial charge in [0.15, 0.2) is 0 Å². The standard InChI is InChI=1S/C14H22N2O3S/c1-11(16(17)12-9-7-6-8-10-12)13(19-5)15-20(18)14(2,3)4/h6-11,17H,1-5H3/b15-13-/t11-,20?/m0/s1. The van der Waals surface area contributed by atoms with Crippen LogP contribution in [0.5, 0.6) is 0 Å². The number of hydrogen-bond acceptors (Lipinski definition) is 4. The van der Waals surface area contributed by atoms with Gasteiger partial charge >= 0.3 is 0 Å². The van der Waals surface area contributed by atoms with Gasteiger partial charge in [0.05, 0.1) is 17.5 Å². The summed E-state index contributed by atoms with van der Waals surface area (Å²) >= 11 is 0. The third-order valence-corrected chi connectivity index (χ3v) is 4.04. The van der Waals surface area contributed by atoms with Crippen LogP contribution >= 0.6 is 0 Å². The molecule has 0 aromatic heterocycles. The lowest BCUT2D eigenvalue weighted by atomic mass is 10.2. The van der Waals surface area contributed by atoms with Crippen LogP contribution in [0.1, 0.15) is 27.7 Å². The Morgan fingerprint density at radius 1 is 1.35 bits per heavy atom. The van der Waals surface area contributed by atoms with Crippen molar-refractivity contribution < 1.29 is 14.2 Å². The Bertz CT molecular complexity index is 483. The average Bonchev–Trinajstić information content (AvgIpc) is 2.42. The summed E-state index contributed by atoms with van der Waals surface area (Å²) in [5.41, 5.74) is 0.617. The molecule has 5 nitrogen and oxygen atoms in total. The molecule has 1 aromatic rings. The summed E-state index contributed by atoms with van der Waals surface area (Å²) in [6.07, 6.45) is 0. The highest BCUT2D eigenvalue weighted by molar-refractivity contribution is 7.85. The number of nitrogens with zero attached hydrogens (tertiary/aromatic N) is 2. The van der Waals surface area contributed by atoms with Gasteiger partial charge in [0.25, 0.3) is 0 Å². The fraction of sp³-hybridized carbons (Fsp3) is 0.500. The lowest BCUT2D eigenvalue weighted by Gasteiger charge is -2.25. The Kier molecular flexibility index (Phi) is 5.71. The number of anilines is 1. The third-order valence-electron chi connectivity index (χ3n) is 2.65. The van der Waals surface area contributed by atoms with Crippen LogP contribution < -0.4 is 5.06 Å². The molecule has 0 aliphatic carbocycles. The second kappa shape index (κ2) is 6.85. The van der Waals surface area contributed by atoms with Gasteiger partial charge in [-0.15, -0.1) is 0 Å². The molecule has 1 N–H and O–H groups in total. The summed E-state index contributed by atoms with van der Waals surface area (Å²) in [4.78, 5) is 0. The first-order chi connectivity index (χ1) is 9.27. The first kappa shape index (κ1) is 16.7. The summed E-state index contributed by atoms with van der Waals surface area (Å²) in [5, 5.41) is 11.2. The van der Waals surface area contributed by atoms with Crippen molar-refractivity contribution in [3.63, 3.8) is 0 Å². The number of ether oxygens (including phenoxy) is 1. The monoisotopic (exact) mass is 298 g/mol. The molecule has 0 fully saturated rings. The molecule has 0 aliphatic heterocycles. The zero-order chi connectivity index (χ0) is 15.3. The number of para-hydroxylation sites is 1. The summed E-state index contributed by atoms with van der Waals surface area (Å²) in [5.74, 6) is 0.226. The van der Waals surface area contributed by atoms with Crippen LogP contribution in [0, 0.1) is 0 Å². The second-order valence-electron chi connectivity index (χ2n) is 5.35. The third kappa shape index (κ3) is 4.31. The van der Waals surface area contributed by atoms with E-state index in [2.05, 4.69) is 4.40 Å². The highest BCUT2D eigenvalue weighted by atomic mass is 32.2. The van der Waals surface area contributed by atoms with Crippen molar-refractivity contribution in [3.8, 4) is 0 Å². The Morgan fingerprint density at radius 2 is 1.90 bits per heavy atom. The minimum Gasteiger partial charge on any atom is -0.482 e. The van der Waals surface area contributed by atoms with E-state index in [0.717, 1.165) is 5.06 Å². The van der Waals surface area contributed by atoms with Gasteiger partial charge < -0.3 is 4.74 Å². The maximum absolute atomic E-state index is 12.0. The van der Waals surface area contributed by atoms with Gasteiger partial charge in [-0.25, -0.2) is 9.27 Å². The van der Waals surface area contributed by atoms with Gasteiger partial charge in [0.2, 0.25) is 5.90 Å². The molecular formula is C14H22N2O3S. The maximum Gasteiger partial charge on any atom is 0.222 e. The minimum absolute atomic E-state index is 0.226. The number of hydroxylamine groups is 1. The molecule has 6 heteroatoms. The van der Waals surface area contributed by atoms with E-state index < -0.39 is 21.8 Å². The van der Waals surface area contributed by atoms with E-state index in [9.17, 15) is 9.42 Å². The maximum atomic E-state index is 12.0. The van der Waals surface area contributed by atoms with Crippen molar-refractivity contribution >= 4 is 22.6 Å². The molecule has 0 heterocycles. The van der Waals surface area contributed by atoms with Crippen molar-refractivity contribution in [2.45, 2.75) is 38.5 Å². The molecule has 0 saturated heterocycles. The topological polar surface area (TPSA) is 62.1 Å². The van der Waals surface area contributed by atoms with Gasteiger partial charge in [0, 0.05) is 0 Å². The van der Waals surface area contributed by atoms with E-state index in [1.807, 2.05) is 39.0 Å². The molecule has 0 aliphatic rings. The zero-order valence-corrected chi connectivity index (χ0v) is 13.3. The number of methoxy groups -OCH3 is 1. The SMILES string of the molecule is CO/C(=N\S(=O)C(C)(C)C)[C@H](C)N(O)c1ccccc1. The van der Waals surface area contributed by atoms with Crippen molar-refractivity contribution in [1.29, 1.82) is 0 Å². The molecule has 0 saturated carbocycles. The Labute approximate surface area is 122 Å². The van der Waals surface area contributed by atoms with Crippen LogP contribution in [-0.2, 0) is 15.7 Å². The number of rotatable bonds is 4. The highest BCUT2D eigenvalue weighted by Crippen LogP contribution is 2.17. The quantitative estimate of drug-likeness (QED) is 0.527. The van der Waals surface area contributed by atoms with Crippen LogP contribution in [0.25, 0.3) is 0 Å². The predicted octanol–water partition coefficient (Wildman–Crippen LogP) is 2.78. The Morgan fingerprint density at radius 3 is 2.35 bits per heavy atom. The molecule has 0 spiro atoms. The first-order valence-electron chi connectivity index (χ1n) is 6.35. The van der Waals surface area contributed by atoms with E-state index in [0.29, 0.717) is 5.69 Å². The van der Waals surface area contributed by atoms with E-state index in [1.165, 1.54) is 7.11 Å². The van der Waals surface area contributed by atoms with Gasteiger partial charge in [0.1, 0.15) is 17.0 Å². The van der Waals surface area contributed by atoms with Crippen LogP contribution in [0.4, 0.5) is 5.69 Å². The van der Waals surface area contributed by atoms with Crippen LogP contribution in [0.15, 0.2) is 34.7 Å². The molecule has 0 amide bonds. The highest BCUT2D eigenvalue weighted by Gasteiger charge is 2.24. The average molecular weight is 298 g/mol. The summed E-state index contributed by atoms with van der Waals surface area (Å²) in [7, 11) is 0.0168. The molecule has 0 bridgehead atoms. The summed E-state index contributed by atoms with van der Waals surface area (Å²) < 4.78 is 20.8. The molecule has 1 aromatic carbocycles. The van der Waals surface area contributed by atoms with Gasteiger partial charge in [-0.2, -0.15) is 4.40 Å². The molecule has 20 heavy (non-hydrogen) atoms. The molecule has 1 rings (SSSR count). The van der Waals surface area contributed by atoms with E-state index in [1.54, 1.807) is 19.1 Å². The van der Waals surface area contributed by atoms with Crippen molar-refractivity contribution in [1.82, 2.24) is 0 Å². The largest absolute Gasteiger partial charge is 0.482 e. The zero-order valence-electron chi connectivity index (χ0n) is 12.5. The van der Waals surface area contributed by atoms with Crippen molar-refractivity contribution in [2.24, 2.45) is 4.40 Å². The smallest absolute Gasteiger partial charge is 0.222 e. The minimum atomic E-state index is -1.44. The molecule has 0 radical (unpaired) electrons. The lowest BCUT2D eigenvalue weighted by molar-refractivity contribution is 0.230. The van der Waals surface area contributed by atoms with Gasteiger partial charge in [-0.1, -0.05) is 18.2 Å². The fourth-order valence-electron chi connectivity index (χ4n) is 1.41. The fourth-order valence-corrected chi connectivity index (χ4v) is 2.08. The summed E-state index contributed by atoms with van der Waals surface area (Å²) in [6, 6.07) is 8.51. The molecular weight excluding hydrogens is 276 g/mol. The second-order valence-corrected chi connectivity index (χ2v) is 7.26. The number of hydrogen-bond donors (Lipinski definition) is 1. The van der Waals surface area contributed by atoms with Crippen molar-refractivity contribution in [2.75, 3.05) is 12.2 Å². The van der Waals surface area contributed by atoms with Crippen molar-refractivity contribution in [3.05, 3.63) is 30.3 Å². The van der Waals surface area contributed by atoms with E-state index >= 15 is 0 Å².